The van der Waals surface area contributed by atoms with Crippen molar-refractivity contribution in [2.24, 2.45) is 0 Å². The van der Waals surface area contributed by atoms with Crippen LogP contribution < -0.4 is 5.11 Å². The van der Waals surface area contributed by atoms with Crippen LogP contribution in [0.2, 0.25) is 0 Å². The Kier molecular flexibility index (Phi) is 39.6. The van der Waals surface area contributed by atoms with Gasteiger partial charge in [0, 0.05) is 19.3 Å². The molecule has 0 aliphatic heterocycles. The average Bonchev–Trinajstić information content (AvgIpc) is 3.19. The average molecular weight is 828 g/mol. The Morgan fingerprint density at radius 2 is 0.949 bits per heavy atom. The second kappa shape index (κ2) is 41.8. The lowest BCUT2D eigenvalue weighted by molar-refractivity contribution is -0.889. The lowest BCUT2D eigenvalue weighted by Crippen LogP contribution is -2.55. The van der Waals surface area contributed by atoms with E-state index in [9.17, 15) is 19.5 Å². The highest BCUT2D eigenvalue weighted by Gasteiger charge is 2.25. The van der Waals surface area contributed by atoms with Gasteiger partial charge in [-0.2, -0.15) is 0 Å². The van der Waals surface area contributed by atoms with Crippen LogP contribution in [0.4, 0.5) is 0 Å². The molecule has 0 fully saturated rings. The summed E-state index contributed by atoms with van der Waals surface area (Å²) in [5.41, 5.74) is 0. The van der Waals surface area contributed by atoms with Gasteiger partial charge in [0.05, 0.1) is 40.3 Å². The van der Waals surface area contributed by atoms with E-state index in [1.165, 1.54) is 70.6 Å². The number of allylic oxidation sites excluding steroid dienone is 10. The molecular weight excluding hydrogens is 739 g/mol. The zero-order valence-electron chi connectivity index (χ0n) is 38.7. The van der Waals surface area contributed by atoms with E-state index in [4.69, 9.17) is 14.2 Å². The van der Waals surface area contributed by atoms with Crippen LogP contribution in [-0.4, -0.2) is 75.5 Å². The number of ether oxygens (including phenoxy) is 3. The van der Waals surface area contributed by atoms with Crippen LogP contribution in [0.25, 0.3) is 0 Å². The van der Waals surface area contributed by atoms with Gasteiger partial charge in [-0.1, -0.05) is 158 Å². The Bertz CT molecular complexity index is 1150. The maximum absolute atomic E-state index is 12.8. The fourth-order valence-corrected chi connectivity index (χ4v) is 6.70. The highest BCUT2D eigenvalue weighted by atomic mass is 16.6. The number of esters is 2. The smallest absolute Gasteiger partial charge is 0.306 e. The van der Waals surface area contributed by atoms with Crippen molar-refractivity contribution in [2.75, 3.05) is 41.0 Å². The van der Waals surface area contributed by atoms with Gasteiger partial charge < -0.3 is 28.6 Å². The van der Waals surface area contributed by atoms with Crippen molar-refractivity contribution in [3.05, 3.63) is 60.8 Å². The fraction of sp³-hybridized carbons (Fsp3) is 0.745. The molecule has 2 unspecified atom stereocenters. The third-order valence-electron chi connectivity index (χ3n) is 10.4. The Morgan fingerprint density at radius 3 is 1.42 bits per heavy atom. The first kappa shape index (κ1) is 56.0. The first-order valence-electron chi connectivity index (χ1n) is 23.8. The van der Waals surface area contributed by atoms with Gasteiger partial charge in [-0.3, -0.25) is 9.59 Å². The quantitative estimate of drug-likeness (QED) is 0.0261. The number of likely N-dealkylation sites (N-methyl/N-ethyl adjacent to an activating group) is 1. The molecule has 0 spiro atoms. The van der Waals surface area contributed by atoms with Crippen LogP contribution in [0.5, 0.6) is 0 Å². The molecule has 59 heavy (non-hydrogen) atoms. The Labute approximate surface area is 362 Å². The van der Waals surface area contributed by atoms with Crippen LogP contribution in [-0.2, 0) is 28.6 Å². The topological polar surface area (TPSA) is 102 Å². The van der Waals surface area contributed by atoms with Gasteiger partial charge in [-0.15, -0.1) is 0 Å². The van der Waals surface area contributed by atoms with E-state index in [0.29, 0.717) is 12.8 Å². The SMILES string of the molecule is CC/C=C\C/C=C\C/C=C\C/C=C\CCCCCCCCC(=O)OC(COCCC(C(=O)[O-])[N+](C)(C)C)COC(=O)CCCCCCC/C=C\CCCCCCCCC. The molecule has 0 aliphatic rings. The molecule has 2 atom stereocenters. The van der Waals surface area contributed by atoms with Gasteiger partial charge in [0.15, 0.2) is 6.10 Å². The first-order chi connectivity index (χ1) is 28.6. The highest BCUT2D eigenvalue weighted by Crippen LogP contribution is 2.14. The molecule has 0 rings (SSSR count). The molecule has 8 heteroatoms. The van der Waals surface area contributed by atoms with Crippen LogP contribution >= 0.6 is 0 Å². The molecule has 0 aliphatic carbocycles. The van der Waals surface area contributed by atoms with Crippen LogP contribution in [0, 0.1) is 0 Å². The van der Waals surface area contributed by atoms with Crippen molar-refractivity contribution in [2.45, 2.75) is 206 Å². The molecule has 340 valence electrons. The van der Waals surface area contributed by atoms with E-state index >= 15 is 0 Å². The Morgan fingerprint density at radius 1 is 0.525 bits per heavy atom. The minimum atomic E-state index is -1.13. The predicted octanol–water partition coefficient (Wildman–Crippen LogP) is 12.0. The van der Waals surface area contributed by atoms with Crippen molar-refractivity contribution >= 4 is 17.9 Å². The number of nitrogens with zero attached hydrogens (tertiary/aromatic N) is 1. The van der Waals surface area contributed by atoms with Crippen LogP contribution in [0.15, 0.2) is 60.8 Å². The van der Waals surface area contributed by atoms with Crippen molar-refractivity contribution in [1.29, 1.82) is 0 Å². The molecular formula is C51H89NO7. The summed E-state index contributed by atoms with van der Waals surface area (Å²) < 4.78 is 17.2. The molecule has 0 N–H and O–H groups in total. The third-order valence-corrected chi connectivity index (χ3v) is 10.4. The largest absolute Gasteiger partial charge is 0.544 e. The molecule has 0 bridgehead atoms. The second-order valence-electron chi connectivity index (χ2n) is 17.0. The number of unbranched alkanes of at least 4 members (excludes halogenated alkanes) is 18. The fourth-order valence-electron chi connectivity index (χ4n) is 6.70. The highest BCUT2D eigenvalue weighted by molar-refractivity contribution is 5.70. The standard InChI is InChI=1S/C51H89NO7/c1-6-8-10-12-14-16-18-20-22-24-25-26-28-30-32-34-36-38-40-42-50(54)59-47(45-57-44-43-48(51(55)56)52(3,4)5)46-58-49(53)41-39-37-35-33-31-29-27-23-21-19-17-15-13-11-9-7-2/h8,10,14,16,20,22-23,25-27,47-48H,6-7,9,11-13,15,17-19,21,24,28-46H2,1-5H3/b10-8-,16-14-,22-20-,26-25-,27-23-. The number of hydrogen-bond acceptors (Lipinski definition) is 7. The lowest BCUT2D eigenvalue weighted by Gasteiger charge is -2.34. The summed E-state index contributed by atoms with van der Waals surface area (Å²) in [6.07, 6.45) is 51.0. The van der Waals surface area contributed by atoms with Crippen LogP contribution in [0.1, 0.15) is 194 Å². The lowest BCUT2D eigenvalue weighted by atomic mass is 10.1. The van der Waals surface area contributed by atoms with Crippen molar-refractivity contribution in [3.63, 3.8) is 0 Å². The zero-order valence-corrected chi connectivity index (χ0v) is 38.7. The first-order valence-corrected chi connectivity index (χ1v) is 23.8. The summed E-state index contributed by atoms with van der Waals surface area (Å²) in [6.45, 7) is 4.53. The minimum absolute atomic E-state index is 0.0305. The number of aliphatic carboxylic acids is 1. The normalized spacial score (nSPS) is 13.4. The zero-order chi connectivity index (χ0) is 43.5. The number of rotatable bonds is 42. The van der Waals surface area contributed by atoms with Crippen molar-refractivity contribution < 1.29 is 38.2 Å². The van der Waals surface area contributed by atoms with Gasteiger partial charge in [-0.05, 0) is 77.0 Å². The van der Waals surface area contributed by atoms with E-state index in [1.54, 1.807) is 21.1 Å². The minimum Gasteiger partial charge on any atom is -0.544 e. The summed E-state index contributed by atoms with van der Waals surface area (Å²) in [6, 6.07) is -0.732. The van der Waals surface area contributed by atoms with E-state index in [-0.39, 0.29) is 42.7 Å². The molecule has 0 amide bonds. The molecule has 0 saturated carbocycles. The molecule has 0 heterocycles. The number of carboxylic acid groups (broad SMARTS) is 1. The van der Waals surface area contributed by atoms with E-state index in [2.05, 4.69) is 74.6 Å². The second-order valence-corrected chi connectivity index (χ2v) is 17.0. The summed E-state index contributed by atoms with van der Waals surface area (Å²) in [5, 5.41) is 11.6. The summed E-state index contributed by atoms with van der Waals surface area (Å²) in [4.78, 5) is 36.9. The maximum atomic E-state index is 12.8. The molecule has 0 aromatic rings. The summed E-state index contributed by atoms with van der Waals surface area (Å²) in [5.74, 6) is -1.77. The van der Waals surface area contributed by atoms with E-state index in [0.717, 1.165) is 89.9 Å². The predicted molar refractivity (Wildman–Crippen MR) is 245 cm³/mol. The van der Waals surface area contributed by atoms with Crippen molar-refractivity contribution in [1.82, 2.24) is 0 Å². The monoisotopic (exact) mass is 828 g/mol. The number of hydrogen-bond donors (Lipinski definition) is 0. The number of carbonyl (C=O) groups is 3. The molecule has 0 saturated heterocycles. The van der Waals surface area contributed by atoms with Gasteiger partial charge in [-0.25, -0.2) is 0 Å². The van der Waals surface area contributed by atoms with Gasteiger partial charge in [0.25, 0.3) is 0 Å². The maximum Gasteiger partial charge on any atom is 0.306 e. The van der Waals surface area contributed by atoms with Crippen LogP contribution in [0.3, 0.4) is 0 Å². The summed E-state index contributed by atoms with van der Waals surface area (Å²) in [7, 11) is 5.40. The summed E-state index contributed by atoms with van der Waals surface area (Å²) >= 11 is 0. The Hall–Kier alpha value is -2.97. The number of carboxylic acids is 1. The Balaban J connectivity index is 4.35. The van der Waals surface area contributed by atoms with E-state index in [1.807, 2.05) is 0 Å². The van der Waals surface area contributed by atoms with Gasteiger partial charge >= 0.3 is 11.9 Å². The van der Waals surface area contributed by atoms with E-state index < -0.39 is 18.1 Å². The molecule has 0 radical (unpaired) electrons. The molecule has 8 nitrogen and oxygen atoms in total. The number of carbonyl (C=O) groups excluding carboxylic acids is 3. The number of quaternary nitrogens is 1. The molecule has 0 aromatic carbocycles. The third kappa shape index (κ3) is 40.2. The molecule has 0 aromatic heterocycles. The van der Waals surface area contributed by atoms with Gasteiger partial charge in [0.1, 0.15) is 12.6 Å². The van der Waals surface area contributed by atoms with Crippen molar-refractivity contribution in [3.8, 4) is 0 Å². The van der Waals surface area contributed by atoms with Gasteiger partial charge in [0.2, 0.25) is 0 Å².